The van der Waals surface area contributed by atoms with E-state index in [-0.39, 0.29) is 5.91 Å². The highest BCUT2D eigenvalue weighted by Gasteiger charge is 2.13. The third kappa shape index (κ3) is 4.22. The van der Waals surface area contributed by atoms with E-state index >= 15 is 0 Å². The molecule has 4 heteroatoms. The molecule has 0 spiro atoms. The predicted octanol–water partition coefficient (Wildman–Crippen LogP) is 3.58. The lowest BCUT2D eigenvalue weighted by Crippen LogP contribution is -2.27. The number of rotatable bonds is 6. The quantitative estimate of drug-likeness (QED) is 0.701. The van der Waals surface area contributed by atoms with Gasteiger partial charge in [0.05, 0.1) is 16.8 Å². The van der Waals surface area contributed by atoms with Crippen LogP contribution in [0.3, 0.4) is 0 Å². The summed E-state index contributed by atoms with van der Waals surface area (Å²) in [7, 11) is 4.06. The fourth-order valence-electron chi connectivity index (χ4n) is 2.81. The lowest BCUT2D eigenvalue weighted by molar-refractivity contribution is 0.0954. The Balaban J connectivity index is 1.91. The van der Waals surface area contributed by atoms with Gasteiger partial charge in [-0.1, -0.05) is 48.5 Å². The minimum absolute atomic E-state index is 0.0467. The number of nitrogens with zero attached hydrogens (tertiary/aromatic N) is 2. The Bertz CT molecular complexity index is 859. The largest absolute Gasteiger partial charge is 0.352 e. The number of carbonyl (C=O) groups excluding carboxylic acids is 1. The van der Waals surface area contributed by atoms with Crippen molar-refractivity contribution >= 4 is 16.8 Å². The van der Waals surface area contributed by atoms with Crippen LogP contribution in [-0.4, -0.2) is 43.0 Å². The molecule has 0 saturated carbocycles. The number of nitrogens with one attached hydrogen (secondary N) is 1. The summed E-state index contributed by atoms with van der Waals surface area (Å²) in [4.78, 5) is 19.6. The molecule has 0 aliphatic carbocycles. The molecule has 4 nitrogen and oxygen atoms in total. The molecule has 0 radical (unpaired) electrons. The molecule has 0 aliphatic heterocycles. The smallest absolute Gasteiger partial charge is 0.252 e. The van der Waals surface area contributed by atoms with Gasteiger partial charge in [-0.3, -0.25) is 4.79 Å². The van der Waals surface area contributed by atoms with Gasteiger partial charge in [0.1, 0.15) is 0 Å². The van der Waals surface area contributed by atoms with E-state index in [9.17, 15) is 4.79 Å². The first-order chi connectivity index (χ1) is 12.1. The minimum atomic E-state index is -0.0467. The van der Waals surface area contributed by atoms with Crippen molar-refractivity contribution < 1.29 is 4.79 Å². The number of hydrogen-bond acceptors (Lipinski definition) is 3. The zero-order valence-electron chi connectivity index (χ0n) is 14.7. The van der Waals surface area contributed by atoms with Crippen molar-refractivity contribution in [2.45, 2.75) is 6.42 Å². The van der Waals surface area contributed by atoms with Crippen LogP contribution in [0.5, 0.6) is 0 Å². The molecule has 0 fully saturated rings. The summed E-state index contributed by atoms with van der Waals surface area (Å²) in [5.41, 5.74) is 3.34. The number of pyridine rings is 1. The van der Waals surface area contributed by atoms with Gasteiger partial charge in [-0.2, -0.15) is 0 Å². The van der Waals surface area contributed by atoms with Crippen LogP contribution in [-0.2, 0) is 0 Å². The summed E-state index contributed by atoms with van der Waals surface area (Å²) in [6, 6.07) is 19.6. The zero-order chi connectivity index (χ0) is 17.6. The van der Waals surface area contributed by atoms with Crippen LogP contribution >= 0.6 is 0 Å². The lowest BCUT2D eigenvalue weighted by Gasteiger charge is -2.12. The summed E-state index contributed by atoms with van der Waals surface area (Å²) in [5.74, 6) is -0.0467. The average molecular weight is 333 g/mol. The van der Waals surface area contributed by atoms with Crippen molar-refractivity contribution in [3.05, 3.63) is 66.2 Å². The second-order valence-corrected chi connectivity index (χ2v) is 6.35. The van der Waals surface area contributed by atoms with Crippen molar-refractivity contribution in [2.24, 2.45) is 0 Å². The molecule has 1 N–H and O–H groups in total. The summed E-state index contributed by atoms with van der Waals surface area (Å²) >= 11 is 0. The fourth-order valence-corrected chi connectivity index (χ4v) is 2.81. The van der Waals surface area contributed by atoms with E-state index in [1.807, 2.05) is 74.8 Å². The molecule has 3 aromatic rings. The molecule has 2 aromatic carbocycles. The number of carbonyl (C=O) groups is 1. The van der Waals surface area contributed by atoms with Crippen molar-refractivity contribution in [3.63, 3.8) is 0 Å². The molecule has 1 aromatic heterocycles. The van der Waals surface area contributed by atoms with E-state index in [2.05, 4.69) is 10.2 Å². The van der Waals surface area contributed by atoms with Crippen LogP contribution < -0.4 is 5.32 Å². The second kappa shape index (κ2) is 7.90. The molecule has 1 amide bonds. The highest BCUT2D eigenvalue weighted by Crippen LogP contribution is 2.24. The van der Waals surface area contributed by atoms with Crippen molar-refractivity contribution in [1.82, 2.24) is 15.2 Å². The Morgan fingerprint density at radius 3 is 2.52 bits per heavy atom. The van der Waals surface area contributed by atoms with Gasteiger partial charge in [0.2, 0.25) is 0 Å². The maximum Gasteiger partial charge on any atom is 0.252 e. The van der Waals surface area contributed by atoms with Gasteiger partial charge in [0.25, 0.3) is 5.91 Å². The normalized spacial score (nSPS) is 11.0. The number of amides is 1. The van der Waals surface area contributed by atoms with Gasteiger partial charge < -0.3 is 10.2 Å². The van der Waals surface area contributed by atoms with Crippen LogP contribution in [0.1, 0.15) is 16.8 Å². The van der Waals surface area contributed by atoms with Gasteiger partial charge >= 0.3 is 0 Å². The first kappa shape index (κ1) is 17.1. The van der Waals surface area contributed by atoms with E-state index < -0.39 is 0 Å². The molecular formula is C21H23N3O. The molecule has 3 rings (SSSR count). The van der Waals surface area contributed by atoms with Gasteiger partial charge in [0, 0.05) is 17.5 Å². The Kier molecular flexibility index (Phi) is 5.41. The second-order valence-electron chi connectivity index (χ2n) is 6.35. The summed E-state index contributed by atoms with van der Waals surface area (Å²) < 4.78 is 0. The molecule has 0 atom stereocenters. The molecule has 25 heavy (non-hydrogen) atoms. The third-order valence-corrected chi connectivity index (χ3v) is 4.10. The maximum absolute atomic E-state index is 12.7. The monoisotopic (exact) mass is 333 g/mol. The molecular weight excluding hydrogens is 310 g/mol. The van der Waals surface area contributed by atoms with E-state index in [0.717, 1.165) is 35.1 Å². The number of aromatic nitrogens is 1. The Hall–Kier alpha value is -2.72. The zero-order valence-corrected chi connectivity index (χ0v) is 14.7. The van der Waals surface area contributed by atoms with E-state index in [1.54, 1.807) is 0 Å². The Morgan fingerprint density at radius 1 is 1.04 bits per heavy atom. The van der Waals surface area contributed by atoms with E-state index in [1.165, 1.54) is 0 Å². The fraction of sp³-hybridized carbons (Fsp3) is 0.238. The number of fused-ring (bicyclic) bond motifs is 1. The standard InChI is InChI=1S/C21H23N3O/c1-24(2)14-8-13-22-21(25)18-15-20(16-9-4-3-5-10-16)23-19-12-7-6-11-17(18)19/h3-7,9-12,15H,8,13-14H2,1-2H3,(H,22,25). The molecule has 0 bridgehead atoms. The van der Waals surface area contributed by atoms with Gasteiger partial charge in [-0.05, 0) is 39.2 Å². The Morgan fingerprint density at radius 2 is 1.76 bits per heavy atom. The van der Waals surface area contributed by atoms with Gasteiger partial charge in [-0.25, -0.2) is 4.98 Å². The van der Waals surface area contributed by atoms with E-state index in [0.29, 0.717) is 12.1 Å². The number of benzene rings is 2. The molecule has 0 aliphatic rings. The SMILES string of the molecule is CN(C)CCCNC(=O)c1cc(-c2ccccc2)nc2ccccc12. The van der Waals surface area contributed by atoms with Crippen LogP contribution in [0.4, 0.5) is 0 Å². The van der Waals surface area contributed by atoms with Crippen LogP contribution in [0.2, 0.25) is 0 Å². The highest BCUT2D eigenvalue weighted by atomic mass is 16.1. The maximum atomic E-state index is 12.7. The van der Waals surface area contributed by atoms with Gasteiger partial charge in [-0.15, -0.1) is 0 Å². The van der Waals surface area contributed by atoms with Crippen molar-refractivity contribution in [2.75, 3.05) is 27.2 Å². The summed E-state index contributed by atoms with van der Waals surface area (Å²) in [6.45, 7) is 1.61. The molecule has 1 heterocycles. The number of hydrogen-bond donors (Lipinski definition) is 1. The van der Waals surface area contributed by atoms with Crippen molar-refractivity contribution in [1.29, 1.82) is 0 Å². The van der Waals surface area contributed by atoms with Gasteiger partial charge in [0.15, 0.2) is 0 Å². The lowest BCUT2D eigenvalue weighted by atomic mass is 10.0. The molecule has 0 unspecified atom stereocenters. The molecule has 128 valence electrons. The van der Waals surface area contributed by atoms with Crippen LogP contribution in [0.15, 0.2) is 60.7 Å². The van der Waals surface area contributed by atoms with Crippen LogP contribution in [0.25, 0.3) is 22.2 Å². The first-order valence-corrected chi connectivity index (χ1v) is 8.53. The third-order valence-electron chi connectivity index (χ3n) is 4.10. The summed E-state index contributed by atoms with van der Waals surface area (Å²) in [5, 5.41) is 3.91. The highest BCUT2D eigenvalue weighted by molar-refractivity contribution is 6.07. The van der Waals surface area contributed by atoms with E-state index in [4.69, 9.17) is 4.98 Å². The predicted molar refractivity (Wildman–Crippen MR) is 103 cm³/mol. The average Bonchev–Trinajstić information content (AvgIpc) is 2.64. The minimum Gasteiger partial charge on any atom is -0.352 e. The topological polar surface area (TPSA) is 45.2 Å². The van der Waals surface area contributed by atoms with Crippen molar-refractivity contribution in [3.8, 4) is 11.3 Å². The Labute approximate surface area is 148 Å². The number of para-hydroxylation sites is 1. The van der Waals surface area contributed by atoms with Crippen LogP contribution in [0, 0.1) is 0 Å². The molecule has 0 saturated heterocycles. The first-order valence-electron chi connectivity index (χ1n) is 8.53. The summed E-state index contributed by atoms with van der Waals surface area (Å²) in [6.07, 6.45) is 0.924.